The summed E-state index contributed by atoms with van der Waals surface area (Å²) in [6.45, 7) is 16.6. The predicted molar refractivity (Wildman–Crippen MR) is 145 cm³/mol. The molecular formula is C25H52O2SSiSn. The van der Waals surface area contributed by atoms with Crippen molar-refractivity contribution in [3.05, 3.63) is 10.2 Å². The molecule has 0 N–H and O–H groups in total. The van der Waals surface area contributed by atoms with Crippen molar-refractivity contribution in [1.29, 1.82) is 0 Å². The van der Waals surface area contributed by atoms with Crippen LogP contribution in [0.2, 0.25) is 31.4 Å². The summed E-state index contributed by atoms with van der Waals surface area (Å²) >= 11 is 3.23. The van der Waals surface area contributed by atoms with Crippen LogP contribution in [0, 0.1) is 0 Å². The zero-order valence-electron chi connectivity index (χ0n) is 21.4. The van der Waals surface area contributed by atoms with E-state index >= 15 is 0 Å². The first-order chi connectivity index (χ1) is 14.4. The number of thiocarbonyl (C=S) groups is 1. The molecule has 0 spiro atoms. The molecule has 0 bridgehead atoms. The zero-order valence-corrected chi connectivity index (χ0v) is 26.0. The second kappa shape index (κ2) is 18.1. The number of rotatable bonds is 19. The van der Waals surface area contributed by atoms with Gasteiger partial charge in [0.25, 0.3) is 0 Å². The van der Waals surface area contributed by atoms with Crippen LogP contribution in [0.4, 0.5) is 0 Å². The fourth-order valence-electron chi connectivity index (χ4n) is 4.38. The number of hydrogen-bond donors (Lipinski definition) is 0. The second-order valence-corrected chi connectivity index (χ2v) is 27.1. The summed E-state index contributed by atoms with van der Waals surface area (Å²) in [5.74, 6) is 0. The molecule has 0 amide bonds. The van der Waals surface area contributed by atoms with E-state index in [2.05, 4.69) is 51.7 Å². The van der Waals surface area contributed by atoms with Crippen LogP contribution in [-0.4, -0.2) is 44.5 Å². The molecule has 0 aliphatic rings. The van der Waals surface area contributed by atoms with Crippen molar-refractivity contribution in [1.82, 2.24) is 0 Å². The Hall–Kier alpha value is 0.606. The minimum atomic E-state index is -2.32. The fraction of sp³-hybridized carbons (Fsp3) is 0.880. The van der Waals surface area contributed by atoms with Gasteiger partial charge in [-0.05, 0) is 0 Å². The molecule has 0 fully saturated rings. The van der Waals surface area contributed by atoms with Gasteiger partial charge in [-0.2, -0.15) is 0 Å². The predicted octanol–water partition coefficient (Wildman–Crippen LogP) is 9.08. The van der Waals surface area contributed by atoms with Gasteiger partial charge in [0.1, 0.15) is 0 Å². The first kappa shape index (κ1) is 30.6. The van der Waals surface area contributed by atoms with E-state index in [1.54, 1.807) is 0 Å². The number of ether oxygens (including phenoxy) is 1. The quantitative estimate of drug-likeness (QED) is 0.115. The van der Waals surface area contributed by atoms with Crippen molar-refractivity contribution < 1.29 is 9.16 Å². The standard InChI is InChI=1S/C13H25O2SSi.3C4H9.Sn/c1-6-12(11-13(16)14-7-2)15-17(8-3,9-4)10-5;3*1-3-4-2;/h1,6,12H,7-11H2,2-5H3;3*1,3-4H2,2H3;. The summed E-state index contributed by atoms with van der Waals surface area (Å²) < 4.78 is 19.9. The molecule has 0 heterocycles. The Labute approximate surface area is 200 Å². The van der Waals surface area contributed by atoms with Crippen molar-refractivity contribution in [3.8, 4) is 0 Å². The summed E-state index contributed by atoms with van der Waals surface area (Å²) in [4.78, 5) is 0. The van der Waals surface area contributed by atoms with Crippen LogP contribution in [0.15, 0.2) is 10.2 Å². The third-order valence-corrected chi connectivity index (χ3v) is 25.8. The molecule has 0 aliphatic carbocycles. The topological polar surface area (TPSA) is 18.5 Å². The van der Waals surface area contributed by atoms with Crippen molar-refractivity contribution >= 4 is 44.0 Å². The van der Waals surface area contributed by atoms with Crippen molar-refractivity contribution in [2.45, 2.75) is 131 Å². The van der Waals surface area contributed by atoms with Gasteiger partial charge in [-0.1, -0.05) is 0 Å². The molecule has 1 unspecified atom stereocenters. The Bertz CT molecular complexity index is 436. The molecule has 0 aromatic rings. The Morgan fingerprint density at radius 3 is 1.67 bits per heavy atom. The first-order valence-electron chi connectivity index (χ1n) is 12.9. The van der Waals surface area contributed by atoms with Crippen molar-refractivity contribution in [3.63, 3.8) is 0 Å². The van der Waals surface area contributed by atoms with Gasteiger partial charge < -0.3 is 0 Å². The third-order valence-electron chi connectivity index (χ3n) is 6.76. The molecule has 30 heavy (non-hydrogen) atoms. The van der Waals surface area contributed by atoms with Crippen LogP contribution >= 0.6 is 12.2 Å². The van der Waals surface area contributed by atoms with Gasteiger partial charge in [-0.3, -0.25) is 0 Å². The van der Waals surface area contributed by atoms with Crippen LogP contribution in [0.1, 0.15) is 93.4 Å². The molecule has 0 saturated carbocycles. The molecule has 0 rings (SSSR count). The van der Waals surface area contributed by atoms with E-state index < -0.39 is 26.7 Å². The SMILES string of the molecule is CCC[CH2][Sn](/[CH]=C\C(CC(=S)OCC)O[Si](CC)(CC)CC)([CH2]CCC)[CH2]CCC. The molecule has 0 aromatic heterocycles. The molecule has 2 nitrogen and oxygen atoms in total. The average molecular weight is 564 g/mol. The number of unbranched alkanes of at least 4 members (excludes halogenated alkanes) is 3. The Morgan fingerprint density at radius 2 is 1.30 bits per heavy atom. The van der Waals surface area contributed by atoms with Crippen molar-refractivity contribution in [2.75, 3.05) is 6.61 Å². The summed E-state index contributed by atoms with van der Waals surface area (Å²) in [6.07, 6.45) is 11.5. The molecule has 0 aromatic carbocycles. The van der Waals surface area contributed by atoms with E-state index in [4.69, 9.17) is 21.4 Å². The first-order valence-corrected chi connectivity index (χ1v) is 23.6. The Kier molecular flexibility index (Phi) is 18.4. The van der Waals surface area contributed by atoms with E-state index in [1.165, 1.54) is 70.0 Å². The number of hydrogen-bond acceptors (Lipinski definition) is 3. The minimum absolute atomic E-state index is 0.108. The van der Waals surface area contributed by atoms with Crippen LogP contribution in [-0.2, 0) is 9.16 Å². The van der Waals surface area contributed by atoms with Gasteiger partial charge >= 0.3 is 201 Å². The van der Waals surface area contributed by atoms with E-state index in [1.807, 2.05) is 6.92 Å². The maximum atomic E-state index is 6.93. The fourth-order valence-corrected chi connectivity index (χ4v) is 21.9. The molecule has 1 atom stereocenters. The molecule has 178 valence electrons. The third kappa shape index (κ3) is 12.0. The summed E-state index contributed by atoms with van der Waals surface area (Å²) in [6, 6.07) is 3.55. The Balaban J connectivity index is 5.78. The second-order valence-electron chi connectivity index (χ2n) is 8.94. The van der Waals surface area contributed by atoms with Crippen molar-refractivity contribution in [2.24, 2.45) is 0 Å². The summed E-state index contributed by atoms with van der Waals surface area (Å²) in [5.41, 5.74) is 0. The average Bonchev–Trinajstić information content (AvgIpc) is 2.76. The van der Waals surface area contributed by atoms with E-state index in [9.17, 15) is 0 Å². The van der Waals surface area contributed by atoms with Gasteiger partial charge in [0.2, 0.25) is 0 Å². The summed E-state index contributed by atoms with van der Waals surface area (Å²) in [7, 11) is -1.69. The van der Waals surface area contributed by atoms with Crippen LogP contribution in [0.5, 0.6) is 0 Å². The normalized spacial score (nSPS) is 13.7. The van der Waals surface area contributed by atoms with Crippen LogP contribution in [0.25, 0.3) is 0 Å². The van der Waals surface area contributed by atoms with E-state index in [0.29, 0.717) is 6.61 Å². The van der Waals surface area contributed by atoms with E-state index in [0.717, 1.165) is 11.5 Å². The van der Waals surface area contributed by atoms with Gasteiger partial charge in [0.15, 0.2) is 0 Å². The Morgan fingerprint density at radius 1 is 0.833 bits per heavy atom. The molecule has 0 radical (unpaired) electrons. The molecule has 0 saturated heterocycles. The van der Waals surface area contributed by atoms with Gasteiger partial charge in [0.05, 0.1) is 0 Å². The molecule has 5 heteroatoms. The monoisotopic (exact) mass is 564 g/mol. The zero-order chi connectivity index (χ0) is 22.9. The summed E-state index contributed by atoms with van der Waals surface area (Å²) in [5, 5.41) is 0.717. The maximum absolute atomic E-state index is 6.93. The molecular weight excluding hydrogens is 511 g/mol. The van der Waals surface area contributed by atoms with Crippen LogP contribution < -0.4 is 0 Å². The van der Waals surface area contributed by atoms with Gasteiger partial charge in [-0.15, -0.1) is 0 Å². The molecule has 0 aliphatic heterocycles. The van der Waals surface area contributed by atoms with Gasteiger partial charge in [-0.25, -0.2) is 0 Å². The van der Waals surface area contributed by atoms with Crippen LogP contribution in [0.3, 0.4) is 0 Å². The van der Waals surface area contributed by atoms with E-state index in [-0.39, 0.29) is 6.10 Å². The van der Waals surface area contributed by atoms with Gasteiger partial charge in [0, 0.05) is 0 Å².